The van der Waals surface area contributed by atoms with Crippen LogP contribution in [0.4, 0.5) is 10.5 Å². The normalized spacial score (nSPS) is 15.6. The minimum Gasteiger partial charge on any atom is -0.386 e. The first kappa shape index (κ1) is 21.2. The maximum absolute atomic E-state index is 12.8. The lowest BCUT2D eigenvalue weighted by atomic mass is 9.98. The lowest BCUT2D eigenvalue weighted by molar-refractivity contribution is 0.0784. The molecule has 0 radical (unpaired) electrons. The van der Waals surface area contributed by atoms with Crippen LogP contribution >= 0.6 is 11.6 Å². The van der Waals surface area contributed by atoms with Gasteiger partial charge < -0.3 is 10.4 Å². The van der Waals surface area contributed by atoms with E-state index in [0.717, 1.165) is 71.5 Å². The van der Waals surface area contributed by atoms with Gasteiger partial charge in [-0.15, -0.1) is 0 Å². The average Bonchev–Trinajstić information content (AvgIpc) is 3.34. The lowest BCUT2D eigenvalue weighted by Crippen LogP contribution is -2.35. The summed E-state index contributed by atoms with van der Waals surface area (Å²) in [6, 6.07) is 5.14. The van der Waals surface area contributed by atoms with Crippen molar-refractivity contribution in [2.75, 3.05) is 5.32 Å². The number of urea groups is 1. The molecule has 0 unspecified atom stereocenters. The molecule has 0 aromatic heterocycles. The second-order valence-corrected chi connectivity index (χ2v) is 10.5. The van der Waals surface area contributed by atoms with Crippen molar-refractivity contribution in [2.24, 2.45) is 0 Å². The zero-order valence-corrected chi connectivity index (χ0v) is 18.6. The summed E-state index contributed by atoms with van der Waals surface area (Å²) in [5.41, 5.74) is 4.17. The Morgan fingerprint density at radius 2 is 1.60 bits per heavy atom. The Morgan fingerprint density at radius 1 is 1.03 bits per heavy atom. The zero-order chi connectivity index (χ0) is 21.7. The number of amides is 2. The van der Waals surface area contributed by atoms with Crippen molar-refractivity contribution in [1.82, 2.24) is 4.72 Å². The molecule has 160 valence electrons. The van der Waals surface area contributed by atoms with Crippen LogP contribution in [0, 0.1) is 0 Å². The molecule has 0 bridgehead atoms. The molecule has 0 spiro atoms. The SMILES string of the molecule is CC(C)(O)c1cccc(S(=O)(=O)NC(=O)Nc2c3c(c(Cl)c4c2CCC4)CCC3)c1. The van der Waals surface area contributed by atoms with Gasteiger partial charge in [0.1, 0.15) is 0 Å². The lowest BCUT2D eigenvalue weighted by Gasteiger charge is -2.19. The van der Waals surface area contributed by atoms with E-state index < -0.39 is 21.7 Å². The van der Waals surface area contributed by atoms with Crippen LogP contribution in [0.2, 0.25) is 5.02 Å². The van der Waals surface area contributed by atoms with E-state index in [1.54, 1.807) is 26.0 Å². The number of hydrogen-bond acceptors (Lipinski definition) is 4. The molecular formula is C22H25ClN2O4S. The van der Waals surface area contributed by atoms with Gasteiger partial charge in [0.05, 0.1) is 10.5 Å². The fourth-order valence-electron chi connectivity index (χ4n) is 4.40. The predicted octanol–water partition coefficient (Wildman–Crippen LogP) is 4.06. The van der Waals surface area contributed by atoms with Crippen molar-refractivity contribution in [1.29, 1.82) is 0 Å². The van der Waals surface area contributed by atoms with E-state index in [2.05, 4.69) is 10.0 Å². The van der Waals surface area contributed by atoms with Crippen molar-refractivity contribution >= 4 is 33.3 Å². The summed E-state index contributed by atoms with van der Waals surface area (Å²) in [5, 5.41) is 13.8. The monoisotopic (exact) mass is 448 g/mol. The molecule has 0 aliphatic heterocycles. The van der Waals surface area contributed by atoms with Gasteiger partial charge in [0.2, 0.25) is 0 Å². The summed E-state index contributed by atoms with van der Waals surface area (Å²) >= 11 is 6.60. The van der Waals surface area contributed by atoms with Crippen molar-refractivity contribution < 1.29 is 18.3 Å². The van der Waals surface area contributed by atoms with Crippen LogP contribution in [0.1, 0.15) is 54.5 Å². The third kappa shape index (κ3) is 3.82. The highest BCUT2D eigenvalue weighted by Crippen LogP contribution is 2.44. The fraction of sp³-hybridized carbons (Fsp3) is 0.409. The van der Waals surface area contributed by atoms with E-state index in [9.17, 15) is 18.3 Å². The predicted molar refractivity (Wildman–Crippen MR) is 117 cm³/mol. The third-order valence-electron chi connectivity index (χ3n) is 5.89. The summed E-state index contributed by atoms with van der Waals surface area (Å²) in [6.45, 7) is 3.14. The Labute approximate surface area is 181 Å². The fourth-order valence-corrected chi connectivity index (χ4v) is 5.77. The van der Waals surface area contributed by atoms with Crippen LogP contribution in [-0.2, 0) is 41.3 Å². The quantitative estimate of drug-likeness (QED) is 0.657. The highest BCUT2D eigenvalue weighted by Gasteiger charge is 2.29. The van der Waals surface area contributed by atoms with Gasteiger partial charge in [-0.2, -0.15) is 0 Å². The van der Waals surface area contributed by atoms with Crippen LogP contribution in [-0.4, -0.2) is 19.6 Å². The maximum Gasteiger partial charge on any atom is 0.333 e. The molecule has 0 fully saturated rings. The zero-order valence-electron chi connectivity index (χ0n) is 17.0. The minimum absolute atomic E-state index is 0.0798. The van der Waals surface area contributed by atoms with Gasteiger partial charge in [-0.1, -0.05) is 23.7 Å². The maximum atomic E-state index is 12.8. The number of carbonyl (C=O) groups excluding carboxylic acids is 1. The summed E-state index contributed by atoms with van der Waals surface area (Å²) < 4.78 is 27.6. The van der Waals surface area contributed by atoms with Crippen LogP contribution in [0.25, 0.3) is 0 Å². The van der Waals surface area contributed by atoms with E-state index in [1.165, 1.54) is 12.1 Å². The van der Waals surface area contributed by atoms with Gasteiger partial charge in [0.25, 0.3) is 10.0 Å². The number of carbonyl (C=O) groups is 1. The second kappa shape index (κ2) is 7.55. The number of halogens is 1. The van der Waals surface area contributed by atoms with Crippen LogP contribution < -0.4 is 10.0 Å². The largest absolute Gasteiger partial charge is 0.386 e. The van der Waals surface area contributed by atoms with E-state index in [1.807, 2.05) is 0 Å². The highest BCUT2D eigenvalue weighted by molar-refractivity contribution is 7.90. The first-order valence-electron chi connectivity index (χ1n) is 10.1. The standard InChI is InChI=1S/C22H25ClN2O4S/c1-22(2,27)13-6-3-7-14(12-13)30(28,29)25-21(26)24-20-17-10-4-8-15(17)19(23)16-9-5-11-18(16)20/h3,6-7,12,27H,4-5,8-11H2,1-2H3,(H2,24,25,26). The summed E-state index contributed by atoms with van der Waals surface area (Å²) in [7, 11) is -4.10. The van der Waals surface area contributed by atoms with Crippen LogP contribution in [0.5, 0.6) is 0 Å². The van der Waals surface area contributed by atoms with Gasteiger partial charge in [-0.05, 0) is 92.3 Å². The molecule has 2 aromatic rings. The molecule has 0 atom stereocenters. The molecule has 3 N–H and O–H groups in total. The van der Waals surface area contributed by atoms with Crippen molar-refractivity contribution in [3.8, 4) is 0 Å². The first-order chi connectivity index (χ1) is 14.1. The van der Waals surface area contributed by atoms with Crippen molar-refractivity contribution in [2.45, 2.75) is 62.9 Å². The number of sulfonamides is 1. The molecule has 2 aromatic carbocycles. The number of nitrogens with one attached hydrogen (secondary N) is 2. The van der Waals surface area contributed by atoms with Crippen molar-refractivity contribution in [3.63, 3.8) is 0 Å². The molecule has 2 amide bonds. The Morgan fingerprint density at radius 3 is 2.17 bits per heavy atom. The Balaban J connectivity index is 1.61. The molecule has 30 heavy (non-hydrogen) atoms. The van der Waals surface area contributed by atoms with E-state index in [4.69, 9.17) is 11.6 Å². The smallest absolute Gasteiger partial charge is 0.333 e. The summed E-state index contributed by atoms with van der Waals surface area (Å²) in [5.74, 6) is 0. The highest BCUT2D eigenvalue weighted by atomic mass is 35.5. The molecule has 0 saturated carbocycles. The minimum atomic E-state index is -4.10. The number of rotatable bonds is 4. The average molecular weight is 449 g/mol. The molecule has 0 heterocycles. The molecule has 2 aliphatic carbocycles. The Kier molecular flexibility index (Phi) is 5.33. The number of fused-ring (bicyclic) bond motifs is 2. The molecule has 6 nitrogen and oxygen atoms in total. The number of hydrogen-bond donors (Lipinski definition) is 3. The van der Waals surface area contributed by atoms with E-state index in [0.29, 0.717) is 5.56 Å². The summed E-state index contributed by atoms with van der Waals surface area (Å²) in [4.78, 5) is 12.6. The molecular weight excluding hydrogens is 424 g/mol. The van der Waals surface area contributed by atoms with Crippen LogP contribution in [0.15, 0.2) is 29.2 Å². The van der Waals surface area contributed by atoms with E-state index in [-0.39, 0.29) is 4.90 Å². The number of benzene rings is 2. The topological polar surface area (TPSA) is 95.5 Å². The first-order valence-corrected chi connectivity index (χ1v) is 12.0. The Hall–Kier alpha value is -2.09. The van der Waals surface area contributed by atoms with E-state index >= 15 is 0 Å². The van der Waals surface area contributed by atoms with Crippen LogP contribution in [0.3, 0.4) is 0 Å². The number of anilines is 1. The molecule has 8 heteroatoms. The third-order valence-corrected chi connectivity index (χ3v) is 7.67. The van der Waals surface area contributed by atoms with Gasteiger partial charge in [0.15, 0.2) is 0 Å². The Bertz CT molecular complexity index is 1100. The van der Waals surface area contributed by atoms with Gasteiger partial charge in [-0.3, -0.25) is 0 Å². The van der Waals surface area contributed by atoms with Gasteiger partial charge >= 0.3 is 6.03 Å². The van der Waals surface area contributed by atoms with Crippen molar-refractivity contribution in [3.05, 3.63) is 57.1 Å². The summed E-state index contributed by atoms with van der Waals surface area (Å²) in [6.07, 6.45) is 5.32. The molecule has 4 rings (SSSR count). The molecule has 2 aliphatic rings. The second-order valence-electron chi connectivity index (χ2n) is 8.46. The molecule has 0 saturated heterocycles. The number of aliphatic hydroxyl groups is 1. The van der Waals surface area contributed by atoms with Gasteiger partial charge in [-0.25, -0.2) is 17.9 Å². The van der Waals surface area contributed by atoms with Gasteiger partial charge in [0, 0.05) is 10.7 Å².